The highest BCUT2D eigenvalue weighted by atomic mass is 14.6. The molecule has 1 aromatic carbocycles. The Balaban J connectivity index is 2.74. The van der Waals surface area contributed by atoms with Crippen LogP contribution in [-0.2, 0) is 6.42 Å². The van der Waals surface area contributed by atoms with Gasteiger partial charge in [-0.15, -0.1) is 0 Å². The maximum atomic E-state index is 8.47. The lowest BCUT2D eigenvalue weighted by Crippen LogP contribution is -2.08. The maximum Gasteiger partial charge on any atom is 0.0641 e. The minimum Gasteiger partial charge on any atom is -0.323 e. The lowest BCUT2D eigenvalue weighted by Gasteiger charge is -2.07. The summed E-state index contributed by atoms with van der Waals surface area (Å²) in [5.74, 6) is 0. The monoisotopic (exact) mass is 174 g/mol. The van der Waals surface area contributed by atoms with Gasteiger partial charge in [-0.05, 0) is 17.5 Å². The van der Waals surface area contributed by atoms with Gasteiger partial charge in [0.1, 0.15) is 0 Å². The van der Waals surface area contributed by atoms with Gasteiger partial charge in [-0.3, -0.25) is 0 Å². The van der Waals surface area contributed by atoms with E-state index in [4.69, 9.17) is 11.0 Å². The zero-order valence-electron chi connectivity index (χ0n) is 7.83. The second-order valence-corrected chi connectivity index (χ2v) is 3.06. The highest BCUT2D eigenvalue weighted by Crippen LogP contribution is 2.14. The molecule has 0 radical (unpaired) electrons. The molecule has 1 rings (SSSR count). The van der Waals surface area contributed by atoms with Crippen molar-refractivity contribution in [2.75, 3.05) is 0 Å². The van der Waals surface area contributed by atoms with E-state index >= 15 is 0 Å². The molecule has 0 spiro atoms. The number of hydrogen-bond acceptors (Lipinski definition) is 2. The highest BCUT2D eigenvalue weighted by molar-refractivity contribution is 5.25. The number of aryl methyl sites for hydroxylation is 1. The molecule has 0 aliphatic carbocycles. The van der Waals surface area contributed by atoms with E-state index in [0.717, 1.165) is 12.0 Å². The predicted octanol–water partition coefficient (Wildman–Crippen LogP) is 2.16. The fraction of sp³-hybridized carbons (Fsp3) is 0.364. The number of benzene rings is 1. The average Bonchev–Trinajstić information content (AvgIpc) is 2.18. The summed E-state index contributed by atoms with van der Waals surface area (Å²) in [6.45, 7) is 2.12. The minimum atomic E-state index is -0.143. The molecule has 0 fully saturated rings. The number of nitriles is 1. The van der Waals surface area contributed by atoms with Crippen LogP contribution in [0.2, 0.25) is 0 Å². The van der Waals surface area contributed by atoms with Gasteiger partial charge >= 0.3 is 0 Å². The third-order valence-electron chi connectivity index (χ3n) is 2.13. The van der Waals surface area contributed by atoms with Crippen LogP contribution in [0.3, 0.4) is 0 Å². The van der Waals surface area contributed by atoms with Crippen LogP contribution in [0.5, 0.6) is 0 Å². The minimum absolute atomic E-state index is 0.143. The maximum absolute atomic E-state index is 8.47. The first-order valence-corrected chi connectivity index (χ1v) is 4.49. The van der Waals surface area contributed by atoms with E-state index in [2.05, 4.69) is 25.1 Å². The number of nitrogens with two attached hydrogens (primary N) is 1. The molecule has 2 heteroatoms. The van der Waals surface area contributed by atoms with Crippen LogP contribution in [0, 0.1) is 11.3 Å². The van der Waals surface area contributed by atoms with E-state index in [1.807, 2.05) is 12.1 Å². The molecule has 1 unspecified atom stereocenters. The summed E-state index contributed by atoms with van der Waals surface area (Å²) in [6.07, 6.45) is 1.42. The second kappa shape index (κ2) is 4.64. The normalized spacial score (nSPS) is 12.1. The molecule has 0 aliphatic rings. The summed E-state index contributed by atoms with van der Waals surface area (Å²) >= 11 is 0. The van der Waals surface area contributed by atoms with Crippen molar-refractivity contribution in [1.29, 1.82) is 5.26 Å². The Morgan fingerprint density at radius 1 is 1.38 bits per heavy atom. The first kappa shape index (κ1) is 9.76. The lowest BCUT2D eigenvalue weighted by molar-refractivity contribution is 0.748. The third kappa shape index (κ3) is 2.57. The van der Waals surface area contributed by atoms with Crippen LogP contribution in [-0.4, -0.2) is 0 Å². The Bertz CT molecular complexity index is 295. The first-order chi connectivity index (χ1) is 6.27. The van der Waals surface area contributed by atoms with E-state index in [1.54, 1.807) is 0 Å². The van der Waals surface area contributed by atoms with Gasteiger partial charge in [0.2, 0.25) is 0 Å². The van der Waals surface area contributed by atoms with Gasteiger partial charge in [0.15, 0.2) is 0 Å². The van der Waals surface area contributed by atoms with Crippen molar-refractivity contribution in [3.8, 4) is 6.07 Å². The van der Waals surface area contributed by atoms with Gasteiger partial charge in [-0.1, -0.05) is 31.2 Å². The number of rotatable bonds is 3. The largest absolute Gasteiger partial charge is 0.323 e. The van der Waals surface area contributed by atoms with Gasteiger partial charge in [0.25, 0.3) is 0 Å². The molecule has 0 saturated heterocycles. The van der Waals surface area contributed by atoms with Crippen LogP contribution in [0.1, 0.15) is 30.5 Å². The van der Waals surface area contributed by atoms with E-state index in [0.29, 0.717) is 6.42 Å². The Morgan fingerprint density at radius 2 is 2.00 bits per heavy atom. The van der Waals surface area contributed by atoms with Crippen molar-refractivity contribution in [2.24, 2.45) is 5.73 Å². The topological polar surface area (TPSA) is 49.8 Å². The second-order valence-electron chi connectivity index (χ2n) is 3.06. The SMILES string of the molecule is CCc1ccc(C(N)CC#N)cc1. The van der Waals surface area contributed by atoms with Crippen LogP contribution in [0.25, 0.3) is 0 Å². The molecule has 13 heavy (non-hydrogen) atoms. The molecule has 1 atom stereocenters. The molecule has 0 saturated carbocycles. The fourth-order valence-electron chi connectivity index (χ4n) is 1.22. The van der Waals surface area contributed by atoms with Crippen molar-refractivity contribution in [1.82, 2.24) is 0 Å². The Morgan fingerprint density at radius 3 is 2.46 bits per heavy atom. The van der Waals surface area contributed by atoms with Crippen molar-refractivity contribution >= 4 is 0 Å². The molecule has 0 heterocycles. The molecule has 2 nitrogen and oxygen atoms in total. The van der Waals surface area contributed by atoms with Crippen molar-refractivity contribution < 1.29 is 0 Å². The highest BCUT2D eigenvalue weighted by Gasteiger charge is 2.03. The number of nitrogens with zero attached hydrogens (tertiary/aromatic N) is 1. The van der Waals surface area contributed by atoms with E-state index in [1.165, 1.54) is 5.56 Å². The molecular formula is C11H14N2. The Hall–Kier alpha value is -1.33. The van der Waals surface area contributed by atoms with Crippen LogP contribution >= 0.6 is 0 Å². The van der Waals surface area contributed by atoms with E-state index < -0.39 is 0 Å². The van der Waals surface area contributed by atoms with Gasteiger partial charge < -0.3 is 5.73 Å². The van der Waals surface area contributed by atoms with Crippen molar-refractivity contribution in [2.45, 2.75) is 25.8 Å². The van der Waals surface area contributed by atoms with E-state index in [-0.39, 0.29) is 6.04 Å². The van der Waals surface area contributed by atoms with Gasteiger partial charge in [0.05, 0.1) is 12.5 Å². The summed E-state index contributed by atoms with van der Waals surface area (Å²) in [7, 11) is 0. The van der Waals surface area contributed by atoms with Crippen molar-refractivity contribution in [3.63, 3.8) is 0 Å². The zero-order chi connectivity index (χ0) is 9.68. The summed E-state index contributed by atoms with van der Waals surface area (Å²) in [5, 5.41) is 8.47. The lowest BCUT2D eigenvalue weighted by atomic mass is 10.0. The fourth-order valence-corrected chi connectivity index (χ4v) is 1.22. The molecule has 0 aromatic heterocycles. The third-order valence-corrected chi connectivity index (χ3v) is 2.13. The van der Waals surface area contributed by atoms with Crippen molar-refractivity contribution in [3.05, 3.63) is 35.4 Å². The first-order valence-electron chi connectivity index (χ1n) is 4.49. The predicted molar refractivity (Wildman–Crippen MR) is 53.0 cm³/mol. The smallest absolute Gasteiger partial charge is 0.0641 e. The summed E-state index contributed by atoms with van der Waals surface area (Å²) in [5.41, 5.74) is 8.11. The average molecular weight is 174 g/mol. The van der Waals surface area contributed by atoms with Crippen LogP contribution < -0.4 is 5.73 Å². The molecule has 0 amide bonds. The van der Waals surface area contributed by atoms with Gasteiger partial charge in [0, 0.05) is 6.04 Å². The summed E-state index contributed by atoms with van der Waals surface area (Å²) < 4.78 is 0. The molecule has 1 aromatic rings. The standard InChI is InChI=1S/C11H14N2/c1-2-9-3-5-10(6-4-9)11(13)7-8-12/h3-6,11H,2,7,13H2,1H3. The van der Waals surface area contributed by atoms with Gasteiger partial charge in [-0.25, -0.2) is 0 Å². The van der Waals surface area contributed by atoms with Crippen LogP contribution in [0.15, 0.2) is 24.3 Å². The molecule has 2 N–H and O–H groups in total. The molecule has 0 bridgehead atoms. The Labute approximate surface area is 79.0 Å². The zero-order valence-corrected chi connectivity index (χ0v) is 7.83. The van der Waals surface area contributed by atoms with E-state index in [9.17, 15) is 0 Å². The Kier molecular flexibility index (Phi) is 3.48. The summed E-state index contributed by atoms with van der Waals surface area (Å²) in [6, 6.07) is 10.1. The van der Waals surface area contributed by atoms with Crippen LogP contribution in [0.4, 0.5) is 0 Å². The van der Waals surface area contributed by atoms with Gasteiger partial charge in [-0.2, -0.15) is 5.26 Å². The molecular weight excluding hydrogens is 160 g/mol. The summed E-state index contributed by atoms with van der Waals surface area (Å²) in [4.78, 5) is 0. The number of hydrogen-bond donors (Lipinski definition) is 1. The quantitative estimate of drug-likeness (QED) is 0.763. The molecule has 0 aliphatic heterocycles. The molecule has 68 valence electrons.